The first kappa shape index (κ1) is 15.9. The molecular formula is C16H20BrN3O. The summed E-state index contributed by atoms with van der Waals surface area (Å²) in [7, 11) is 1.67. The number of rotatable bonds is 5. The molecule has 112 valence electrons. The molecule has 0 aliphatic heterocycles. The molecule has 21 heavy (non-hydrogen) atoms. The van der Waals surface area contributed by atoms with E-state index in [-0.39, 0.29) is 0 Å². The van der Waals surface area contributed by atoms with Gasteiger partial charge in [-0.05, 0) is 47.8 Å². The molecule has 1 heterocycles. The number of anilines is 1. The lowest BCUT2D eigenvalue weighted by atomic mass is 10.0. The first-order valence-electron chi connectivity index (χ1n) is 6.94. The van der Waals surface area contributed by atoms with E-state index in [1.54, 1.807) is 7.11 Å². The molecule has 0 aliphatic carbocycles. The predicted molar refractivity (Wildman–Crippen MR) is 89.5 cm³/mol. The molecule has 1 N–H and O–H groups in total. The molecule has 0 amide bonds. The SMILES string of the molecule is CCNc1nc(-c2c(C)cccc2C)nc(COC)c1Br. The van der Waals surface area contributed by atoms with Gasteiger partial charge in [0.2, 0.25) is 0 Å². The number of benzene rings is 1. The van der Waals surface area contributed by atoms with Crippen molar-refractivity contribution in [2.45, 2.75) is 27.4 Å². The third kappa shape index (κ3) is 3.41. The highest BCUT2D eigenvalue weighted by atomic mass is 79.9. The van der Waals surface area contributed by atoms with E-state index in [1.807, 2.05) is 13.0 Å². The smallest absolute Gasteiger partial charge is 0.162 e. The van der Waals surface area contributed by atoms with Crippen molar-refractivity contribution in [2.24, 2.45) is 0 Å². The van der Waals surface area contributed by atoms with Crippen LogP contribution in [0, 0.1) is 13.8 Å². The lowest BCUT2D eigenvalue weighted by Gasteiger charge is -2.14. The Morgan fingerprint density at radius 2 is 1.86 bits per heavy atom. The van der Waals surface area contributed by atoms with Gasteiger partial charge in [-0.25, -0.2) is 9.97 Å². The molecule has 0 saturated heterocycles. The van der Waals surface area contributed by atoms with Gasteiger partial charge in [-0.3, -0.25) is 0 Å². The minimum Gasteiger partial charge on any atom is -0.378 e. The maximum Gasteiger partial charge on any atom is 0.162 e. The van der Waals surface area contributed by atoms with E-state index in [0.717, 1.165) is 33.9 Å². The monoisotopic (exact) mass is 349 g/mol. The van der Waals surface area contributed by atoms with Gasteiger partial charge in [-0.15, -0.1) is 0 Å². The molecule has 1 aromatic heterocycles. The van der Waals surface area contributed by atoms with Crippen molar-refractivity contribution in [3.05, 3.63) is 39.5 Å². The third-order valence-corrected chi connectivity index (χ3v) is 4.08. The second-order valence-electron chi connectivity index (χ2n) is 4.89. The summed E-state index contributed by atoms with van der Waals surface area (Å²) >= 11 is 3.56. The average Bonchev–Trinajstić information content (AvgIpc) is 2.44. The van der Waals surface area contributed by atoms with Crippen molar-refractivity contribution >= 4 is 21.7 Å². The number of nitrogens with one attached hydrogen (secondary N) is 1. The maximum atomic E-state index is 5.25. The number of aromatic nitrogens is 2. The number of nitrogens with zero attached hydrogens (tertiary/aromatic N) is 2. The Labute approximate surface area is 134 Å². The Balaban J connectivity index is 2.63. The van der Waals surface area contributed by atoms with Crippen LogP contribution < -0.4 is 5.32 Å². The van der Waals surface area contributed by atoms with Crippen molar-refractivity contribution in [3.8, 4) is 11.4 Å². The number of methoxy groups -OCH3 is 1. The number of ether oxygens (including phenoxy) is 1. The van der Waals surface area contributed by atoms with Gasteiger partial charge in [0.05, 0.1) is 16.8 Å². The van der Waals surface area contributed by atoms with E-state index in [9.17, 15) is 0 Å². The fourth-order valence-corrected chi connectivity index (χ4v) is 2.72. The van der Waals surface area contributed by atoms with Crippen LogP contribution in [0.1, 0.15) is 23.7 Å². The molecule has 0 radical (unpaired) electrons. The van der Waals surface area contributed by atoms with E-state index in [1.165, 1.54) is 11.1 Å². The van der Waals surface area contributed by atoms with Crippen molar-refractivity contribution < 1.29 is 4.74 Å². The highest BCUT2D eigenvalue weighted by Gasteiger charge is 2.15. The van der Waals surface area contributed by atoms with Gasteiger partial charge in [-0.2, -0.15) is 0 Å². The van der Waals surface area contributed by atoms with Crippen LogP contribution in [-0.4, -0.2) is 23.6 Å². The number of aryl methyl sites for hydroxylation is 2. The predicted octanol–water partition coefficient (Wildman–Crippen LogP) is 4.10. The molecule has 0 fully saturated rings. The van der Waals surface area contributed by atoms with Gasteiger partial charge in [-0.1, -0.05) is 18.2 Å². The molecule has 0 atom stereocenters. The largest absolute Gasteiger partial charge is 0.378 e. The van der Waals surface area contributed by atoms with Gasteiger partial charge in [0.1, 0.15) is 5.82 Å². The van der Waals surface area contributed by atoms with Crippen molar-refractivity contribution in [3.63, 3.8) is 0 Å². The Hall–Kier alpha value is -1.46. The molecule has 0 aliphatic rings. The zero-order valence-electron chi connectivity index (χ0n) is 12.8. The lowest BCUT2D eigenvalue weighted by molar-refractivity contribution is 0.181. The van der Waals surface area contributed by atoms with Gasteiger partial charge in [0.25, 0.3) is 0 Å². The van der Waals surface area contributed by atoms with E-state index in [2.05, 4.69) is 57.2 Å². The molecule has 2 rings (SSSR count). The maximum absolute atomic E-state index is 5.25. The van der Waals surface area contributed by atoms with Crippen molar-refractivity contribution in [1.82, 2.24) is 9.97 Å². The zero-order valence-corrected chi connectivity index (χ0v) is 14.4. The van der Waals surface area contributed by atoms with Crippen LogP contribution in [-0.2, 0) is 11.3 Å². The zero-order chi connectivity index (χ0) is 15.4. The summed E-state index contributed by atoms with van der Waals surface area (Å²) in [4.78, 5) is 9.35. The summed E-state index contributed by atoms with van der Waals surface area (Å²) in [6.45, 7) is 7.45. The Morgan fingerprint density at radius 3 is 2.43 bits per heavy atom. The summed E-state index contributed by atoms with van der Waals surface area (Å²) in [6.07, 6.45) is 0. The van der Waals surface area contributed by atoms with Crippen LogP contribution >= 0.6 is 15.9 Å². The quantitative estimate of drug-likeness (QED) is 0.882. The van der Waals surface area contributed by atoms with Gasteiger partial charge in [0, 0.05) is 19.2 Å². The minimum absolute atomic E-state index is 0.444. The Bertz CT molecular complexity index is 596. The molecule has 0 spiro atoms. The first-order valence-corrected chi connectivity index (χ1v) is 7.73. The molecule has 5 heteroatoms. The lowest BCUT2D eigenvalue weighted by Crippen LogP contribution is -2.07. The van der Waals surface area contributed by atoms with E-state index in [0.29, 0.717) is 6.61 Å². The molecule has 4 nitrogen and oxygen atoms in total. The van der Waals surface area contributed by atoms with Crippen LogP contribution in [0.15, 0.2) is 22.7 Å². The topological polar surface area (TPSA) is 47.0 Å². The van der Waals surface area contributed by atoms with Crippen LogP contribution in [0.5, 0.6) is 0 Å². The second kappa shape index (κ2) is 7.00. The molecule has 1 aromatic carbocycles. The third-order valence-electron chi connectivity index (χ3n) is 3.25. The fraction of sp³-hybridized carbons (Fsp3) is 0.375. The summed E-state index contributed by atoms with van der Waals surface area (Å²) in [5.41, 5.74) is 4.27. The summed E-state index contributed by atoms with van der Waals surface area (Å²) in [6, 6.07) is 6.21. The Morgan fingerprint density at radius 1 is 1.19 bits per heavy atom. The molecule has 2 aromatic rings. The van der Waals surface area contributed by atoms with E-state index < -0.39 is 0 Å². The fourth-order valence-electron chi connectivity index (χ4n) is 2.29. The average molecular weight is 350 g/mol. The van der Waals surface area contributed by atoms with Gasteiger partial charge >= 0.3 is 0 Å². The van der Waals surface area contributed by atoms with Crippen molar-refractivity contribution in [1.29, 1.82) is 0 Å². The van der Waals surface area contributed by atoms with E-state index >= 15 is 0 Å². The Kier molecular flexibility index (Phi) is 5.31. The standard InChI is InChI=1S/C16H20BrN3O/c1-5-18-16-14(17)12(9-21-4)19-15(20-16)13-10(2)7-6-8-11(13)3/h6-8H,5,9H2,1-4H3,(H,18,19,20). The van der Waals surface area contributed by atoms with Crippen LogP contribution in [0.3, 0.4) is 0 Å². The van der Waals surface area contributed by atoms with E-state index in [4.69, 9.17) is 4.74 Å². The highest BCUT2D eigenvalue weighted by molar-refractivity contribution is 9.10. The molecule has 0 saturated carbocycles. The number of halogens is 1. The first-order chi connectivity index (χ1) is 10.1. The number of hydrogen-bond acceptors (Lipinski definition) is 4. The second-order valence-corrected chi connectivity index (χ2v) is 5.68. The van der Waals surface area contributed by atoms with Crippen molar-refractivity contribution in [2.75, 3.05) is 19.0 Å². The molecule has 0 unspecified atom stereocenters. The molecular weight excluding hydrogens is 330 g/mol. The van der Waals surface area contributed by atoms with Crippen LogP contribution in [0.4, 0.5) is 5.82 Å². The molecule has 0 bridgehead atoms. The number of hydrogen-bond donors (Lipinski definition) is 1. The summed E-state index contributed by atoms with van der Waals surface area (Å²) in [5.74, 6) is 1.54. The minimum atomic E-state index is 0.444. The van der Waals surface area contributed by atoms with Crippen LogP contribution in [0.25, 0.3) is 11.4 Å². The summed E-state index contributed by atoms with van der Waals surface area (Å²) in [5, 5.41) is 3.27. The van der Waals surface area contributed by atoms with Gasteiger partial charge < -0.3 is 10.1 Å². The summed E-state index contributed by atoms with van der Waals surface area (Å²) < 4.78 is 6.11. The normalized spacial score (nSPS) is 10.7. The van der Waals surface area contributed by atoms with Gasteiger partial charge in [0.15, 0.2) is 5.82 Å². The highest BCUT2D eigenvalue weighted by Crippen LogP contribution is 2.30. The van der Waals surface area contributed by atoms with Crippen LogP contribution in [0.2, 0.25) is 0 Å².